The summed E-state index contributed by atoms with van der Waals surface area (Å²) in [6.45, 7) is 3.67. The van der Waals surface area contributed by atoms with Crippen LogP contribution in [0.2, 0.25) is 0 Å². The number of piperidine rings is 1. The Labute approximate surface area is 136 Å². The zero-order chi connectivity index (χ0) is 14.8. The molecule has 2 aromatic rings. The molecule has 3 N–H and O–H groups in total. The van der Waals surface area contributed by atoms with Crippen LogP contribution in [0.4, 0.5) is 0 Å². The molecule has 0 radical (unpaired) electrons. The van der Waals surface area contributed by atoms with E-state index in [4.69, 9.17) is 5.73 Å². The minimum Gasteiger partial charge on any atom is -0.346 e. The standard InChI is InChI=1S/C16H22N4O.ClH/c1-11(17)12-4-3-7-20(10-12)15(21)8-13-9-19-16-14(13)5-2-6-18-16;/h2,5-6,9,11-12H,3-4,7-8,10,17H2,1H3,(H,18,19);1H. The molecule has 120 valence electrons. The molecule has 1 aliphatic heterocycles. The number of carbonyl (C=O) groups is 1. The first-order chi connectivity index (χ1) is 10.1. The second kappa shape index (κ2) is 7.11. The van der Waals surface area contributed by atoms with Gasteiger partial charge >= 0.3 is 0 Å². The highest BCUT2D eigenvalue weighted by molar-refractivity contribution is 5.87. The van der Waals surface area contributed by atoms with Crippen LogP contribution < -0.4 is 5.73 Å². The van der Waals surface area contributed by atoms with E-state index in [1.165, 1.54) is 0 Å². The number of pyridine rings is 1. The summed E-state index contributed by atoms with van der Waals surface area (Å²) < 4.78 is 0. The van der Waals surface area contributed by atoms with Gasteiger partial charge in [0.15, 0.2) is 0 Å². The van der Waals surface area contributed by atoms with Gasteiger partial charge < -0.3 is 15.6 Å². The minimum absolute atomic E-state index is 0. The van der Waals surface area contributed by atoms with Gasteiger partial charge in [0.05, 0.1) is 6.42 Å². The fraction of sp³-hybridized carbons (Fsp3) is 0.500. The largest absolute Gasteiger partial charge is 0.346 e. The average Bonchev–Trinajstić information content (AvgIpc) is 2.91. The lowest BCUT2D eigenvalue weighted by Crippen LogP contribution is -2.45. The molecule has 3 rings (SSSR count). The molecule has 0 saturated carbocycles. The molecular weight excluding hydrogens is 300 g/mol. The van der Waals surface area contributed by atoms with Gasteiger partial charge in [-0.25, -0.2) is 4.98 Å². The summed E-state index contributed by atoms with van der Waals surface area (Å²) in [4.78, 5) is 21.9. The summed E-state index contributed by atoms with van der Waals surface area (Å²) in [6.07, 6.45) is 6.24. The number of aromatic nitrogens is 2. The predicted molar refractivity (Wildman–Crippen MR) is 90.0 cm³/mol. The fourth-order valence-electron chi connectivity index (χ4n) is 3.10. The van der Waals surface area contributed by atoms with Crippen LogP contribution in [-0.2, 0) is 11.2 Å². The number of amides is 1. The van der Waals surface area contributed by atoms with Crippen LogP contribution in [0.15, 0.2) is 24.5 Å². The Hall–Kier alpha value is -1.59. The Kier molecular flexibility index (Phi) is 5.42. The highest BCUT2D eigenvalue weighted by atomic mass is 35.5. The molecule has 2 atom stereocenters. The number of nitrogens with zero attached hydrogens (tertiary/aromatic N) is 2. The van der Waals surface area contributed by atoms with Gasteiger partial charge in [-0.1, -0.05) is 0 Å². The maximum Gasteiger partial charge on any atom is 0.227 e. The number of hydrogen-bond acceptors (Lipinski definition) is 3. The van der Waals surface area contributed by atoms with Crippen molar-refractivity contribution in [3.05, 3.63) is 30.1 Å². The first-order valence-electron chi connectivity index (χ1n) is 7.59. The van der Waals surface area contributed by atoms with Gasteiger partial charge in [-0.3, -0.25) is 4.79 Å². The van der Waals surface area contributed by atoms with Gasteiger partial charge in [0.2, 0.25) is 5.91 Å². The van der Waals surface area contributed by atoms with E-state index in [2.05, 4.69) is 9.97 Å². The van der Waals surface area contributed by atoms with Crippen LogP contribution in [0.5, 0.6) is 0 Å². The molecule has 1 fully saturated rings. The Morgan fingerprint density at radius 3 is 3.18 bits per heavy atom. The quantitative estimate of drug-likeness (QED) is 0.908. The molecule has 2 aromatic heterocycles. The van der Waals surface area contributed by atoms with Gasteiger partial charge in [0.1, 0.15) is 5.65 Å². The second-order valence-corrected chi connectivity index (χ2v) is 5.99. The zero-order valence-corrected chi connectivity index (χ0v) is 13.6. The van der Waals surface area contributed by atoms with Gasteiger partial charge in [-0.15, -0.1) is 12.4 Å². The van der Waals surface area contributed by atoms with E-state index in [-0.39, 0.29) is 24.4 Å². The number of aromatic amines is 1. The van der Waals surface area contributed by atoms with Crippen molar-refractivity contribution in [3.8, 4) is 0 Å². The number of hydrogen-bond donors (Lipinski definition) is 2. The third-order valence-corrected chi connectivity index (χ3v) is 4.43. The molecule has 3 heterocycles. The topological polar surface area (TPSA) is 75.0 Å². The number of nitrogens with two attached hydrogens (primary N) is 1. The monoisotopic (exact) mass is 322 g/mol. The molecular formula is C16H23ClN4O. The Morgan fingerprint density at radius 2 is 2.41 bits per heavy atom. The summed E-state index contributed by atoms with van der Waals surface area (Å²) in [7, 11) is 0. The number of carbonyl (C=O) groups excluding carboxylic acids is 1. The van der Waals surface area contributed by atoms with E-state index < -0.39 is 0 Å². The minimum atomic E-state index is 0. The lowest BCUT2D eigenvalue weighted by atomic mass is 9.92. The smallest absolute Gasteiger partial charge is 0.227 e. The average molecular weight is 323 g/mol. The van der Waals surface area contributed by atoms with Crippen molar-refractivity contribution >= 4 is 29.3 Å². The molecule has 0 aromatic carbocycles. The molecule has 0 aliphatic carbocycles. The number of halogens is 1. The van der Waals surface area contributed by atoms with Crippen LogP contribution in [0.25, 0.3) is 11.0 Å². The number of fused-ring (bicyclic) bond motifs is 1. The first kappa shape index (κ1) is 16.8. The molecule has 0 bridgehead atoms. The van der Waals surface area contributed by atoms with E-state index in [0.29, 0.717) is 12.3 Å². The molecule has 0 spiro atoms. The molecule has 1 aliphatic rings. The number of rotatable bonds is 3. The highest BCUT2D eigenvalue weighted by Gasteiger charge is 2.26. The van der Waals surface area contributed by atoms with Crippen LogP contribution in [-0.4, -0.2) is 39.9 Å². The second-order valence-electron chi connectivity index (χ2n) is 5.99. The van der Waals surface area contributed by atoms with E-state index in [1.807, 2.05) is 30.2 Å². The van der Waals surface area contributed by atoms with Gasteiger partial charge in [-0.05, 0) is 43.4 Å². The number of likely N-dealkylation sites (tertiary alicyclic amines) is 1. The van der Waals surface area contributed by atoms with Crippen LogP contribution >= 0.6 is 12.4 Å². The van der Waals surface area contributed by atoms with E-state index in [0.717, 1.165) is 42.5 Å². The van der Waals surface area contributed by atoms with Crippen LogP contribution in [0.3, 0.4) is 0 Å². The van der Waals surface area contributed by atoms with Crippen molar-refractivity contribution in [1.82, 2.24) is 14.9 Å². The zero-order valence-electron chi connectivity index (χ0n) is 12.8. The molecule has 6 heteroatoms. The van der Waals surface area contributed by atoms with Crippen LogP contribution in [0.1, 0.15) is 25.3 Å². The molecule has 22 heavy (non-hydrogen) atoms. The molecule has 1 amide bonds. The van der Waals surface area contributed by atoms with Crippen LogP contribution in [0, 0.1) is 5.92 Å². The van der Waals surface area contributed by atoms with Crippen molar-refractivity contribution in [2.24, 2.45) is 11.7 Å². The van der Waals surface area contributed by atoms with Gasteiger partial charge in [-0.2, -0.15) is 0 Å². The maximum absolute atomic E-state index is 12.5. The lowest BCUT2D eigenvalue weighted by molar-refractivity contribution is -0.132. The van der Waals surface area contributed by atoms with Gasteiger partial charge in [0.25, 0.3) is 0 Å². The normalized spacial score (nSPS) is 19.7. The number of H-pyrrole nitrogens is 1. The summed E-state index contributed by atoms with van der Waals surface area (Å²) in [5, 5.41) is 1.03. The predicted octanol–water partition coefficient (Wildman–Crippen LogP) is 2.11. The summed E-state index contributed by atoms with van der Waals surface area (Å²) in [5.41, 5.74) is 7.85. The van der Waals surface area contributed by atoms with Crippen molar-refractivity contribution < 1.29 is 4.79 Å². The molecule has 5 nitrogen and oxygen atoms in total. The van der Waals surface area contributed by atoms with E-state index in [1.54, 1.807) is 6.20 Å². The van der Waals surface area contributed by atoms with E-state index >= 15 is 0 Å². The highest BCUT2D eigenvalue weighted by Crippen LogP contribution is 2.21. The van der Waals surface area contributed by atoms with E-state index in [9.17, 15) is 4.79 Å². The first-order valence-corrected chi connectivity index (χ1v) is 7.59. The van der Waals surface area contributed by atoms with Gasteiger partial charge in [0, 0.05) is 36.9 Å². The Bertz CT molecular complexity index is 640. The Balaban J connectivity index is 0.00000176. The SMILES string of the molecule is CC(N)C1CCCN(C(=O)Cc2c[nH]c3ncccc23)C1.Cl. The summed E-state index contributed by atoms with van der Waals surface area (Å²) in [6, 6.07) is 4.05. The van der Waals surface area contributed by atoms with Crippen molar-refractivity contribution in [1.29, 1.82) is 0 Å². The number of nitrogens with one attached hydrogen (secondary N) is 1. The van der Waals surface area contributed by atoms with Crippen molar-refractivity contribution in [2.75, 3.05) is 13.1 Å². The van der Waals surface area contributed by atoms with Crippen molar-refractivity contribution in [3.63, 3.8) is 0 Å². The third-order valence-electron chi connectivity index (χ3n) is 4.43. The Morgan fingerprint density at radius 1 is 1.59 bits per heavy atom. The molecule has 1 saturated heterocycles. The lowest BCUT2D eigenvalue weighted by Gasteiger charge is -2.34. The summed E-state index contributed by atoms with van der Waals surface area (Å²) >= 11 is 0. The molecule has 2 unspecified atom stereocenters. The summed E-state index contributed by atoms with van der Waals surface area (Å²) in [5.74, 6) is 0.609. The van der Waals surface area contributed by atoms with Crippen molar-refractivity contribution in [2.45, 2.75) is 32.2 Å². The fourth-order valence-corrected chi connectivity index (χ4v) is 3.10. The third kappa shape index (κ3) is 3.42. The maximum atomic E-state index is 12.5.